The van der Waals surface area contributed by atoms with Crippen LogP contribution >= 0.6 is 0 Å². The molecular formula is C36H46F6O2. The SMILES string of the molecule is CC=CC1CCC(c2ccc(COc3ccc(OCCC(F)(F)C4CCC(CCCCC)CC4)c(F)c3F)c(F)c2F)CC1. The summed E-state index contributed by atoms with van der Waals surface area (Å²) < 4.78 is 99.5. The Morgan fingerprint density at radius 2 is 1.43 bits per heavy atom. The number of alkyl halides is 2. The highest BCUT2D eigenvalue weighted by Crippen LogP contribution is 2.42. The maximum Gasteiger partial charge on any atom is 0.254 e. The van der Waals surface area contributed by atoms with E-state index in [4.69, 9.17) is 9.47 Å². The Labute approximate surface area is 258 Å². The predicted molar refractivity (Wildman–Crippen MR) is 161 cm³/mol. The minimum absolute atomic E-state index is 0.0737. The molecule has 8 heteroatoms. The number of allylic oxidation sites excluding steroid dienone is 2. The third-order valence-electron chi connectivity index (χ3n) is 9.62. The van der Waals surface area contributed by atoms with E-state index in [1.54, 1.807) is 6.07 Å². The summed E-state index contributed by atoms with van der Waals surface area (Å²) in [6, 6.07) is 5.15. The second-order valence-corrected chi connectivity index (χ2v) is 12.6. The van der Waals surface area contributed by atoms with Gasteiger partial charge in [-0.05, 0) is 93.7 Å². The van der Waals surface area contributed by atoms with Crippen molar-refractivity contribution in [2.75, 3.05) is 6.61 Å². The van der Waals surface area contributed by atoms with Gasteiger partial charge in [0.2, 0.25) is 11.6 Å². The van der Waals surface area contributed by atoms with Gasteiger partial charge in [-0.15, -0.1) is 0 Å². The van der Waals surface area contributed by atoms with Crippen molar-refractivity contribution in [3.8, 4) is 11.5 Å². The zero-order valence-electron chi connectivity index (χ0n) is 26.0. The molecule has 0 aliphatic heterocycles. The van der Waals surface area contributed by atoms with Crippen LogP contribution in [0.1, 0.15) is 114 Å². The lowest BCUT2D eigenvalue weighted by Gasteiger charge is -2.33. The lowest BCUT2D eigenvalue weighted by Crippen LogP contribution is -2.33. The standard InChI is InChI=1S/C36H46F6O2/c1-3-5-6-8-25-11-16-28(17-12-25)36(41,42)21-22-43-30-19-20-31(35(40)34(30)39)44-23-27-15-18-29(33(38)32(27)37)26-13-9-24(7-4-2)10-14-26/h4,7,15,18-20,24-26,28H,3,5-6,8-14,16-17,21-23H2,1-2H3. The van der Waals surface area contributed by atoms with Crippen LogP contribution in [0.2, 0.25) is 0 Å². The normalized spacial score (nSPS) is 22.8. The molecule has 2 aliphatic rings. The molecule has 0 saturated heterocycles. The van der Waals surface area contributed by atoms with Gasteiger partial charge in [-0.1, -0.05) is 56.9 Å². The lowest BCUT2D eigenvalue weighted by atomic mass is 9.76. The van der Waals surface area contributed by atoms with Crippen molar-refractivity contribution in [3.05, 3.63) is 70.8 Å². The van der Waals surface area contributed by atoms with Crippen molar-refractivity contribution < 1.29 is 35.8 Å². The number of halogens is 6. The molecule has 0 aromatic heterocycles. The molecule has 2 fully saturated rings. The second kappa shape index (κ2) is 16.1. The van der Waals surface area contributed by atoms with E-state index in [0.717, 1.165) is 69.9 Å². The third kappa shape index (κ3) is 8.75. The van der Waals surface area contributed by atoms with E-state index < -0.39 is 66.2 Å². The fourth-order valence-electron chi connectivity index (χ4n) is 6.88. The van der Waals surface area contributed by atoms with Gasteiger partial charge in [0.05, 0.1) is 6.61 Å². The highest BCUT2D eigenvalue weighted by Gasteiger charge is 2.41. The molecule has 0 atom stereocenters. The molecule has 244 valence electrons. The molecule has 0 radical (unpaired) electrons. The summed E-state index contributed by atoms with van der Waals surface area (Å²) in [5, 5.41) is 0. The maximum absolute atomic E-state index is 15.0. The molecule has 2 aromatic rings. The Morgan fingerprint density at radius 3 is 2.07 bits per heavy atom. The largest absolute Gasteiger partial charge is 0.490 e. The zero-order chi connectivity index (χ0) is 31.7. The number of hydrogen-bond acceptors (Lipinski definition) is 2. The van der Waals surface area contributed by atoms with Crippen molar-refractivity contribution in [2.45, 2.75) is 116 Å². The van der Waals surface area contributed by atoms with E-state index in [1.807, 2.05) is 13.0 Å². The van der Waals surface area contributed by atoms with Gasteiger partial charge in [0.25, 0.3) is 5.92 Å². The number of benzene rings is 2. The van der Waals surface area contributed by atoms with Gasteiger partial charge in [-0.3, -0.25) is 0 Å². The fraction of sp³-hybridized carbons (Fsp3) is 0.611. The minimum atomic E-state index is -2.95. The Balaban J connectivity index is 1.27. The van der Waals surface area contributed by atoms with Crippen LogP contribution in [0.5, 0.6) is 11.5 Å². The van der Waals surface area contributed by atoms with E-state index in [1.165, 1.54) is 12.5 Å². The number of hydrogen-bond donors (Lipinski definition) is 0. The monoisotopic (exact) mass is 624 g/mol. The summed E-state index contributed by atoms with van der Waals surface area (Å²) in [6.07, 6.45) is 14.0. The Morgan fingerprint density at radius 1 is 0.773 bits per heavy atom. The van der Waals surface area contributed by atoms with E-state index in [2.05, 4.69) is 13.0 Å². The van der Waals surface area contributed by atoms with Gasteiger partial charge in [0, 0.05) is 17.9 Å². The summed E-state index contributed by atoms with van der Waals surface area (Å²) in [7, 11) is 0. The molecule has 2 saturated carbocycles. The smallest absolute Gasteiger partial charge is 0.254 e. The first-order chi connectivity index (χ1) is 21.1. The van der Waals surface area contributed by atoms with Crippen molar-refractivity contribution in [2.24, 2.45) is 17.8 Å². The average Bonchev–Trinajstić information content (AvgIpc) is 3.02. The topological polar surface area (TPSA) is 18.5 Å². The highest BCUT2D eigenvalue weighted by molar-refractivity contribution is 5.36. The van der Waals surface area contributed by atoms with E-state index in [0.29, 0.717) is 30.2 Å². The van der Waals surface area contributed by atoms with E-state index in [9.17, 15) is 26.3 Å². The molecular weight excluding hydrogens is 578 g/mol. The quantitative estimate of drug-likeness (QED) is 0.118. The lowest BCUT2D eigenvalue weighted by molar-refractivity contribution is -0.0883. The van der Waals surface area contributed by atoms with Gasteiger partial charge < -0.3 is 9.47 Å². The third-order valence-corrected chi connectivity index (χ3v) is 9.62. The molecule has 0 heterocycles. The predicted octanol–water partition coefficient (Wildman–Crippen LogP) is 11.5. The zero-order valence-corrected chi connectivity index (χ0v) is 26.0. The van der Waals surface area contributed by atoms with E-state index in [-0.39, 0.29) is 11.5 Å². The molecule has 0 amide bonds. The summed E-state index contributed by atoms with van der Waals surface area (Å²) in [5.74, 6) is -8.57. The molecule has 2 aliphatic carbocycles. The van der Waals surface area contributed by atoms with Crippen LogP contribution in [0, 0.1) is 41.0 Å². The van der Waals surface area contributed by atoms with Crippen LogP contribution < -0.4 is 9.47 Å². The van der Waals surface area contributed by atoms with Crippen LogP contribution in [0.15, 0.2) is 36.4 Å². The first-order valence-electron chi connectivity index (χ1n) is 16.4. The number of ether oxygens (including phenoxy) is 2. The number of unbranched alkanes of at least 4 members (excludes halogenated alkanes) is 2. The molecule has 2 nitrogen and oxygen atoms in total. The Kier molecular flexibility index (Phi) is 12.5. The van der Waals surface area contributed by atoms with Gasteiger partial charge >= 0.3 is 0 Å². The first kappa shape index (κ1) is 34.2. The first-order valence-corrected chi connectivity index (χ1v) is 16.4. The van der Waals surface area contributed by atoms with Crippen molar-refractivity contribution in [1.82, 2.24) is 0 Å². The average molecular weight is 625 g/mol. The Bertz CT molecular complexity index is 1230. The van der Waals surface area contributed by atoms with Crippen LogP contribution in [0.25, 0.3) is 0 Å². The Hall–Kier alpha value is -2.64. The van der Waals surface area contributed by atoms with Gasteiger partial charge in [-0.25, -0.2) is 17.6 Å². The molecule has 2 aromatic carbocycles. The van der Waals surface area contributed by atoms with Crippen LogP contribution in [0.4, 0.5) is 26.3 Å². The van der Waals surface area contributed by atoms with Crippen molar-refractivity contribution in [1.29, 1.82) is 0 Å². The molecule has 0 spiro atoms. The van der Waals surface area contributed by atoms with Gasteiger partial charge in [-0.2, -0.15) is 8.78 Å². The fourth-order valence-corrected chi connectivity index (χ4v) is 6.88. The van der Waals surface area contributed by atoms with Crippen LogP contribution in [0.3, 0.4) is 0 Å². The van der Waals surface area contributed by atoms with Crippen LogP contribution in [-0.2, 0) is 6.61 Å². The van der Waals surface area contributed by atoms with Gasteiger partial charge in [0.15, 0.2) is 23.1 Å². The van der Waals surface area contributed by atoms with Crippen molar-refractivity contribution >= 4 is 0 Å². The molecule has 0 unspecified atom stereocenters. The molecule has 0 bridgehead atoms. The summed E-state index contributed by atoms with van der Waals surface area (Å²) in [6.45, 7) is 3.14. The second-order valence-electron chi connectivity index (χ2n) is 12.6. The molecule has 44 heavy (non-hydrogen) atoms. The van der Waals surface area contributed by atoms with Crippen molar-refractivity contribution in [3.63, 3.8) is 0 Å². The molecule has 4 rings (SSSR count). The van der Waals surface area contributed by atoms with Crippen LogP contribution in [-0.4, -0.2) is 12.5 Å². The number of rotatable bonds is 14. The summed E-state index contributed by atoms with van der Waals surface area (Å²) in [5.41, 5.74) is 0.204. The van der Waals surface area contributed by atoms with Gasteiger partial charge in [0.1, 0.15) is 6.61 Å². The molecule has 0 N–H and O–H groups in total. The summed E-state index contributed by atoms with van der Waals surface area (Å²) in [4.78, 5) is 0. The van der Waals surface area contributed by atoms with E-state index >= 15 is 0 Å². The minimum Gasteiger partial charge on any atom is -0.490 e. The maximum atomic E-state index is 15.0. The highest BCUT2D eigenvalue weighted by atomic mass is 19.3. The summed E-state index contributed by atoms with van der Waals surface area (Å²) >= 11 is 0.